The van der Waals surface area contributed by atoms with Crippen molar-refractivity contribution >= 4 is 21.7 Å². The SMILES string of the molecule is COc1ccc(C(=O)C(F)(F)C(F)F)c(Br)c1. The Bertz CT molecular complexity index is 434. The summed E-state index contributed by atoms with van der Waals surface area (Å²) in [7, 11) is 1.34. The van der Waals surface area contributed by atoms with Gasteiger partial charge in [0, 0.05) is 10.0 Å². The molecule has 0 unspecified atom stereocenters. The third kappa shape index (κ3) is 2.77. The maximum atomic E-state index is 12.8. The van der Waals surface area contributed by atoms with E-state index in [-0.39, 0.29) is 4.47 Å². The minimum Gasteiger partial charge on any atom is -0.497 e. The van der Waals surface area contributed by atoms with Gasteiger partial charge < -0.3 is 4.74 Å². The van der Waals surface area contributed by atoms with E-state index in [1.165, 1.54) is 19.2 Å². The lowest BCUT2D eigenvalue weighted by Gasteiger charge is -2.14. The number of ketones is 1. The molecule has 0 amide bonds. The van der Waals surface area contributed by atoms with E-state index in [1.807, 2.05) is 0 Å². The first kappa shape index (κ1) is 14.0. The van der Waals surface area contributed by atoms with Gasteiger partial charge in [-0.2, -0.15) is 8.78 Å². The zero-order valence-electron chi connectivity index (χ0n) is 8.52. The third-order valence-electron chi connectivity index (χ3n) is 2.00. The smallest absolute Gasteiger partial charge is 0.368 e. The van der Waals surface area contributed by atoms with Gasteiger partial charge in [-0.25, -0.2) is 8.78 Å². The molecule has 0 aliphatic rings. The first-order valence-corrected chi connectivity index (χ1v) is 5.14. The monoisotopic (exact) mass is 314 g/mol. The fraction of sp³-hybridized carbons (Fsp3) is 0.300. The Hall–Kier alpha value is -1.11. The van der Waals surface area contributed by atoms with Crippen LogP contribution in [0, 0.1) is 0 Å². The molecule has 94 valence electrons. The molecule has 7 heteroatoms. The summed E-state index contributed by atoms with van der Waals surface area (Å²) in [5.74, 6) is -6.31. The zero-order valence-corrected chi connectivity index (χ0v) is 10.1. The quantitative estimate of drug-likeness (QED) is 0.627. The van der Waals surface area contributed by atoms with Crippen LogP contribution in [0.1, 0.15) is 10.4 Å². The van der Waals surface area contributed by atoms with Gasteiger partial charge >= 0.3 is 12.3 Å². The number of ether oxygens (including phenoxy) is 1. The van der Waals surface area contributed by atoms with Gasteiger partial charge in [0.2, 0.25) is 5.78 Å². The molecule has 0 aromatic heterocycles. The Balaban J connectivity index is 3.13. The van der Waals surface area contributed by atoms with Gasteiger partial charge in [-0.15, -0.1) is 0 Å². The molecule has 0 saturated carbocycles. The topological polar surface area (TPSA) is 26.3 Å². The van der Waals surface area contributed by atoms with Crippen LogP contribution in [0.15, 0.2) is 22.7 Å². The average Bonchev–Trinajstić information content (AvgIpc) is 2.27. The van der Waals surface area contributed by atoms with Crippen molar-refractivity contribution in [2.45, 2.75) is 12.3 Å². The molecule has 1 aromatic carbocycles. The highest BCUT2D eigenvalue weighted by Crippen LogP contribution is 2.31. The lowest BCUT2D eigenvalue weighted by molar-refractivity contribution is -0.0958. The number of carbonyl (C=O) groups is 1. The van der Waals surface area contributed by atoms with Crippen LogP contribution < -0.4 is 4.74 Å². The number of methoxy groups -OCH3 is 1. The number of hydrogen-bond acceptors (Lipinski definition) is 2. The number of rotatable bonds is 4. The molecule has 0 bridgehead atoms. The molecule has 0 atom stereocenters. The summed E-state index contributed by atoms with van der Waals surface area (Å²) in [5, 5.41) is 0. The van der Waals surface area contributed by atoms with E-state index >= 15 is 0 Å². The molecule has 0 heterocycles. The van der Waals surface area contributed by atoms with Crippen LogP contribution in [0.3, 0.4) is 0 Å². The van der Waals surface area contributed by atoms with Gasteiger partial charge in [-0.1, -0.05) is 0 Å². The molecule has 2 nitrogen and oxygen atoms in total. The Morgan fingerprint density at radius 1 is 1.41 bits per heavy atom. The summed E-state index contributed by atoms with van der Waals surface area (Å²) in [6, 6.07) is 3.48. The number of halogens is 5. The van der Waals surface area contributed by atoms with E-state index in [0.717, 1.165) is 6.07 Å². The van der Waals surface area contributed by atoms with Crippen LogP contribution in [-0.4, -0.2) is 25.2 Å². The molecule has 1 rings (SSSR count). The maximum Gasteiger partial charge on any atom is 0.368 e. The van der Waals surface area contributed by atoms with Gasteiger partial charge in [0.1, 0.15) is 5.75 Å². The van der Waals surface area contributed by atoms with E-state index in [1.54, 1.807) is 0 Å². The maximum absolute atomic E-state index is 12.8. The summed E-state index contributed by atoms with van der Waals surface area (Å²) in [4.78, 5) is 11.2. The standard InChI is InChI=1S/C10H7BrF4O2/c1-17-5-2-3-6(7(11)4-5)8(16)10(14,15)9(12)13/h2-4,9H,1H3. The molecular weight excluding hydrogens is 308 g/mol. The van der Waals surface area contributed by atoms with E-state index in [9.17, 15) is 22.4 Å². The van der Waals surface area contributed by atoms with Crippen LogP contribution in [0.4, 0.5) is 17.6 Å². The molecule has 0 fully saturated rings. The molecule has 0 aliphatic carbocycles. The van der Waals surface area contributed by atoms with Crippen LogP contribution in [0.25, 0.3) is 0 Å². The highest BCUT2D eigenvalue weighted by Gasteiger charge is 2.49. The van der Waals surface area contributed by atoms with Gasteiger partial charge in [0.25, 0.3) is 0 Å². The summed E-state index contributed by atoms with van der Waals surface area (Å²) >= 11 is 2.85. The van der Waals surface area contributed by atoms with Crippen LogP contribution in [0.5, 0.6) is 5.75 Å². The fourth-order valence-corrected chi connectivity index (χ4v) is 1.62. The number of alkyl halides is 4. The van der Waals surface area contributed by atoms with E-state index in [2.05, 4.69) is 15.9 Å². The van der Waals surface area contributed by atoms with Crippen molar-refractivity contribution in [3.63, 3.8) is 0 Å². The number of benzene rings is 1. The lowest BCUT2D eigenvalue weighted by atomic mass is 10.1. The Labute approximate surface area is 103 Å². The van der Waals surface area contributed by atoms with Gasteiger partial charge in [0.05, 0.1) is 7.11 Å². The predicted molar refractivity (Wildman–Crippen MR) is 56.0 cm³/mol. The summed E-state index contributed by atoms with van der Waals surface area (Å²) in [6.45, 7) is 0. The van der Waals surface area contributed by atoms with Gasteiger partial charge in [0.15, 0.2) is 0 Å². The summed E-state index contributed by atoms with van der Waals surface area (Å²) in [6.07, 6.45) is -4.04. The van der Waals surface area contributed by atoms with Gasteiger partial charge in [-0.05, 0) is 34.1 Å². The molecule has 17 heavy (non-hydrogen) atoms. The summed E-state index contributed by atoms with van der Waals surface area (Å²) in [5.41, 5.74) is -0.517. The average molecular weight is 315 g/mol. The predicted octanol–water partition coefficient (Wildman–Crippen LogP) is 3.54. The molecule has 0 spiro atoms. The van der Waals surface area contributed by atoms with E-state index < -0.39 is 23.7 Å². The largest absolute Gasteiger partial charge is 0.497 e. The number of carbonyl (C=O) groups excluding carboxylic acids is 1. The van der Waals surface area contributed by atoms with Crippen molar-refractivity contribution in [2.24, 2.45) is 0 Å². The zero-order chi connectivity index (χ0) is 13.2. The second-order valence-electron chi connectivity index (χ2n) is 3.10. The number of Topliss-reactive ketones (excluding diaryl/α,β-unsaturated/α-hetero) is 1. The minimum atomic E-state index is -4.70. The van der Waals surface area contributed by atoms with Crippen LogP contribution in [-0.2, 0) is 0 Å². The molecule has 0 radical (unpaired) electrons. The first-order valence-electron chi connectivity index (χ1n) is 4.35. The Morgan fingerprint density at radius 3 is 2.41 bits per heavy atom. The van der Waals surface area contributed by atoms with Gasteiger partial charge in [-0.3, -0.25) is 4.79 Å². The lowest BCUT2D eigenvalue weighted by Crippen LogP contribution is -2.36. The van der Waals surface area contributed by atoms with Crippen molar-refractivity contribution in [1.29, 1.82) is 0 Å². The first-order chi connectivity index (χ1) is 7.80. The minimum absolute atomic E-state index is 0.0258. The Kier molecular flexibility index (Phi) is 4.13. The second kappa shape index (κ2) is 5.03. The van der Waals surface area contributed by atoms with Crippen molar-refractivity contribution in [1.82, 2.24) is 0 Å². The molecule has 0 N–H and O–H groups in total. The molecular formula is C10H7BrF4O2. The third-order valence-corrected chi connectivity index (χ3v) is 2.65. The van der Waals surface area contributed by atoms with Crippen LogP contribution >= 0.6 is 15.9 Å². The van der Waals surface area contributed by atoms with E-state index in [4.69, 9.17) is 4.74 Å². The second-order valence-corrected chi connectivity index (χ2v) is 3.95. The van der Waals surface area contributed by atoms with Crippen molar-refractivity contribution in [3.05, 3.63) is 28.2 Å². The Morgan fingerprint density at radius 2 is 2.00 bits per heavy atom. The highest BCUT2D eigenvalue weighted by atomic mass is 79.9. The molecule has 0 saturated heterocycles. The van der Waals surface area contributed by atoms with Crippen LogP contribution in [0.2, 0.25) is 0 Å². The fourth-order valence-electron chi connectivity index (χ4n) is 1.09. The number of hydrogen-bond donors (Lipinski definition) is 0. The molecule has 0 aliphatic heterocycles. The summed E-state index contributed by atoms with van der Waals surface area (Å²) < 4.78 is 54.5. The normalized spacial score (nSPS) is 11.7. The molecule has 1 aromatic rings. The highest BCUT2D eigenvalue weighted by molar-refractivity contribution is 9.10. The van der Waals surface area contributed by atoms with Crippen molar-refractivity contribution < 1.29 is 27.1 Å². The van der Waals surface area contributed by atoms with Crippen molar-refractivity contribution in [3.8, 4) is 5.75 Å². The van der Waals surface area contributed by atoms with E-state index in [0.29, 0.717) is 5.75 Å². The van der Waals surface area contributed by atoms with Crippen molar-refractivity contribution in [2.75, 3.05) is 7.11 Å².